The van der Waals surface area contributed by atoms with Crippen molar-refractivity contribution in [1.82, 2.24) is 0 Å². The Bertz CT molecular complexity index is 503. The van der Waals surface area contributed by atoms with Gasteiger partial charge in [-0.3, -0.25) is 0 Å². The zero-order chi connectivity index (χ0) is 11.4. The summed E-state index contributed by atoms with van der Waals surface area (Å²) in [6, 6.07) is 9.43. The van der Waals surface area contributed by atoms with Crippen molar-refractivity contribution in [3.8, 4) is 0 Å². The molecular weight excluding hydrogens is 210 g/mol. The van der Waals surface area contributed by atoms with E-state index in [1.54, 1.807) is 0 Å². The number of benzene rings is 1. The molecule has 1 fully saturated rings. The number of aryl methyl sites for hydroxylation is 1. The first kappa shape index (κ1) is 9.40. The standard InChI is InChI=1S/C14H15N3/c1-9-2-6-12(7-3-9)17-14-11-5-4-10(8-11)13(14)15-16-17/h2-7,10-11,13-14H,8H2,1H3. The van der Waals surface area contributed by atoms with Crippen molar-refractivity contribution >= 4 is 5.69 Å². The van der Waals surface area contributed by atoms with Crippen LogP contribution in [0.4, 0.5) is 5.69 Å². The van der Waals surface area contributed by atoms with Crippen molar-refractivity contribution in [2.45, 2.75) is 25.4 Å². The predicted octanol–water partition coefficient (Wildman–Crippen LogP) is 3.13. The SMILES string of the molecule is Cc1ccc(N2N=NC3C4C=CC(C4)C32)cc1. The van der Waals surface area contributed by atoms with Crippen LogP contribution in [0.2, 0.25) is 0 Å². The molecule has 86 valence electrons. The van der Waals surface area contributed by atoms with Gasteiger partial charge >= 0.3 is 0 Å². The lowest BCUT2D eigenvalue weighted by Gasteiger charge is -2.26. The van der Waals surface area contributed by atoms with E-state index in [2.05, 4.69) is 58.7 Å². The third kappa shape index (κ3) is 1.22. The molecule has 0 amide bonds. The second kappa shape index (κ2) is 3.19. The van der Waals surface area contributed by atoms with E-state index < -0.39 is 0 Å². The Labute approximate surface area is 101 Å². The highest BCUT2D eigenvalue weighted by atomic mass is 15.6. The Morgan fingerprint density at radius 2 is 1.88 bits per heavy atom. The summed E-state index contributed by atoms with van der Waals surface area (Å²) in [5.41, 5.74) is 2.46. The molecule has 4 rings (SSSR count). The van der Waals surface area contributed by atoms with Gasteiger partial charge in [0.05, 0.1) is 11.7 Å². The maximum atomic E-state index is 4.46. The molecule has 4 unspecified atom stereocenters. The van der Waals surface area contributed by atoms with Gasteiger partial charge in [-0.05, 0) is 25.5 Å². The quantitative estimate of drug-likeness (QED) is 0.675. The third-order valence-electron chi connectivity index (χ3n) is 4.24. The summed E-state index contributed by atoms with van der Waals surface area (Å²) in [6.07, 6.45) is 5.93. The van der Waals surface area contributed by atoms with E-state index in [-0.39, 0.29) is 0 Å². The molecule has 1 heterocycles. The van der Waals surface area contributed by atoms with Crippen molar-refractivity contribution in [1.29, 1.82) is 0 Å². The maximum absolute atomic E-state index is 4.46. The van der Waals surface area contributed by atoms with Gasteiger partial charge in [0.15, 0.2) is 0 Å². The molecule has 0 radical (unpaired) electrons. The zero-order valence-electron chi connectivity index (χ0n) is 9.82. The van der Waals surface area contributed by atoms with Crippen LogP contribution in [0.25, 0.3) is 0 Å². The topological polar surface area (TPSA) is 28.0 Å². The van der Waals surface area contributed by atoms with Crippen molar-refractivity contribution in [3.63, 3.8) is 0 Å². The molecular formula is C14H15N3. The molecule has 1 aromatic carbocycles. The predicted molar refractivity (Wildman–Crippen MR) is 66.8 cm³/mol. The zero-order valence-corrected chi connectivity index (χ0v) is 9.82. The second-order valence-electron chi connectivity index (χ2n) is 5.31. The fourth-order valence-corrected chi connectivity index (χ4v) is 3.35. The summed E-state index contributed by atoms with van der Waals surface area (Å²) in [4.78, 5) is 0. The van der Waals surface area contributed by atoms with Crippen LogP contribution in [-0.2, 0) is 0 Å². The van der Waals surface area contributed by atoms with Gasteiger partial charge in [0.1, 0.15) is 6.04 Å². The fraction of sp³-hybridized carbons (Fsp3) is 0.429. The van der Waals surface area contributed by atoms with Gasteiger partial charge in [0.2, 0.25) is 0 Å². The van der Waals surface area contributed by atoms with Crippen LogP contribution >= 0.6 is 0 Å². The Morgan fingerprint density at radius 1 is 1.12 bits per heavy atom. The largest absolute Gasteiger partial charge is 0.241 e. The first-order valence-electron chi connectivity index (χ1n) is 6.28. The molecule has 17 heavy (non-hydrogen) atoms. The van der Waals surface area contributed by atoms with E-state index in [0.717, 1.165) is 0 Å². The number of fused-ring (bicyclic) bond motifs is 5. The van der Waals surface area contributed by atoms with Gasteiger partial charge in [-0.2, -0.15) is 5.11 Å². The van der Waals surface area contributed by atoms with E-state index in [9.17, 15) is 0 Å². The molecule has 3 aliphatic rings. The molecule has 0 saturated heterocycles. The van der Waals surface area contributed by atoms with Gasteiger partial charge in [-0.25, -0.2) is 5.01 Å². The maximum Gasteiger partial charge on any atom is 0.102 e. The summed E-state index contributed by atoms with van der Waals surface area (Å²) in [5, 5.41) is 11.0. The van der Waals surface area contributed by atoms with Crippen LogP contribution in [0, 0.1) is 18.8 Å². The lowest BCUT2D eigenvalue weighted by atomic mass is 9.96. The number of nitrogens with zero attached hydrogens (tertiary/aromatic N) is 3. The smallest absolute Gasteiger partial charge is 0.102 e. The van der Waals surface area contributed by atoms with Crippen LogP contribution in [0.5, 0.6) is 0 Å². The molecule has 2 bridgehead atoms. The van der Waals surface area contributed by atoms with Gasteiger partial charge in [0.25, 0.3) is 0 Å². The highest BCUT2D eigenvalue weighted by Gasteiger charge is 2.51. The number of anilines is 1. The highest BCUT2D eigenvalue weighted by molar-refractivity contribution is 5.50. The Morgan fingerprint density at radius 3 is 2.71 bits per heavy atom. The van der Waals surface area contributed by atoms with Crippen LogP contribution in [0.3, 0.4) is 0 Å². The first-order chi connectivity index (χ1) is 8.33. The van der Waals surface area contributed by atoms with E-state index in [1.165, 1.54) is 17.7 Å². The number of rotatable bonds is 1. The lowest BCUT2D eigenvalue weighted by molar-refractivity contribution is 0.524. The minimum atomic E-state index is 0.395. The van der Waals surface area contributed by atoms with Crippen LogP contribution in [-0.4, -0.2) is 12.1 Å². The van der Waals surface area contributed by atoms with Crippen LogP contribution < -0.4 is 5.01 Å². The third-order valence-corrected chi connectivity index (χ3v) is 4.24. The number of hydrogen-bond donors (Lipinski definition) is 0. The van der Waals surface area contributed by atoms with E-state index >= 15 is 0 Å². The Hall–Kier alpha value is -1.64. The molecule has 1 aromatic rings. The lowest BCUT2D eigenvalue weighted by Crippen LogP contribution is -2.37. The van der Waals surface area contributed by atoms with Crippen LogP contribution in [0.1, 0.15) is 12.0 Å². The fourth-order valence-electron chi connectivity index (χ4n) is 3.35. The average Bonchev–Trinajstić information content (AvgIpc) is 3.02. The van der Waals surface area contributed by atoms with E-state index in [0.29, 0.717) is 23.9 Å². The minimum Gasteiger partial charge on any atom is -0.241 e. The van der Waals surface area contributed by atoms with Crippen molar-refractivity contribution in [2.75, 3.05) is 5.01 Å². The second-order valence-corrected chi connectivity index (χ2v) is 5.31. The first-order valence-corrected chi connectivity index (χ1v) is 6.28. The van der Waals surface area contributed by atoms with Crippen molar-refractivity contribution in [3.05, 3.63) is 42.0 Å². The average molecular weight is 225 g/mol. The van der Waals surface area contributed by atoms with Gasteiger partial charge in [-0.15, -0.1) is 0 Å². The highest BCUT2D eigenvalue weighted by Crippen LogP contribution is 2.47. The van der Waals surface area contributed by atoms with E-state index in [1.807, 2.05) is 0 Å². The Balaban J connectivity index is 1.70. The molecule has 1 aliphatic heterocycles. The summed E-state index contributed by atoms with van der Waals surface area (Å²) >= 11 is 0. The number of hydrogen-bond acceptors (Lipinski definition) is 3. The molecule has 2 aliphatic carbocycles. The Kier molecular flexibility index (Phi) is 1.76. The molecule has 0 aromatic heterocycles. The minimum absolute atomic E-state index is 0.395. The van der Waals surface area contributed by atoms with Crippen LogP contribution in [0.15, 0.2) is 46.8 Å². The molecule has 0 N–H and O–H groups in total. The van der Waals surface area contributed by atoms with E-state index in [4.69, 9.17) is 0 Å². The summed E-state index contributed by atoms with van der Waals surface area (Å²) < 4.78 is 0. The summed E-state index contributed by atoms with van der Waals surface area (Å²) in [5.74, 6) is 1.27. The van der Waals surface area contributed by atoms with Gasteiger partial charge in [0, 0.05) is 11.8 Å². The van der Waals surface area contributed by atoms with Crippen molar-refractivity contribution < 1.29 is 0 Å². The van der Waals surface area contributed by atoms with Gasteiger partial charge in [-0.1, -0.05) is 35.1 Å². The molecule has 3 heteroatoms. The normalized spacial score (nSPS) is 36.9. The molecule has 4 atom stereocenters. The molecule has 3 nitrogen and oxygen atoms in total. The molecule has 0 spiro atoms. The summed E-state index contributed by atoms with van der Waals surface area (Å²) in [6.45, 7) is 2.11. The van der Waals surface area contributed by atoms with Gasteiger partial charge < -0.3 is 0 Å². The monoisotopic (exact) mass is 225 g/mol. The summed E-state index contributed by atoms with van der Waals surface area (Å²) in [7, 11) is 0. The molecule has 1 saturated carbocycles. The van der Waals surface area contributed by atoms with Crippen molar-refractivity contribution in [2.24, 2.45) is 22.2 Å².